The number of amides is 1. The Balaban J connectivity index is 2.03. The van der Waals surface area contributed by atoms with Crippen LogP contribution in [0.4, 0.5) is 0 Å². The predicted octanol–water partition coefficient (Wildman–Crippen LogP) is 1.07. The average Bonchev–Trinajstić information content (AvgIpc) is 2.75. The largest absolute Gasteiger partial charge is 0.378 e. The summed E-state index contributed by atoms with van der Waals surface area (Å²) < 4.78 is 7.77. The molecule has 1 aromatic rings. The number of rotatable bonds is 2. The highest BCUT2D eigenvalue weighted by Crippen LogP contribution is 2.14. The van der Waals surface area contributed by atoms with E-state index in [9.17, 15) is 4.79 Å². The zero-order valence-corrected chi connectivity index (χ0v) is 10.7. The fourth-order valence-electron chi connectivity index (χ4n) is 1.69. The molecule has 0 radical (unpaired) electrons. The third-order valence-corrected chi connectivity index (χ3v) is 3.06. The van der Waals surface area contributed by atoms with Crippen molar-refractivity contribution in [2.24, 2.45) is 0 Å². The molecule has 0 saturated carbocycles. The molecule has 1 aliphatic rings. The number of carbonyl (C=O) groups is 1. The minimum atomic E-state index is -0.260. The first-order valence-electron chi connectivity index (χ1n) is 5.24. The maximum Gasteiger partial charge on any atom is 0.247 e. The Kier molecular flexibility index (Phi) is 3.60. The first kappa shape index (κ1) is 11.6. The second-order valence-corrected chi connectivity index (χ2v) is 4.67. The Morgan fingerprint density at radius 1 is 1.56 bits per heavy atom. The first-order chi connectivity index (χ1) is 7.68. The summed E-state index contributed by atoms with van der Waals surface area (Å²) in [6.07, 6.45) is 3.49. The summed E-state index contributed by atoms with van der Waals surface area (Å²) in [6.45, 7) is 4.46. The van der Waals surface area contributed by atoms with Gasteiger partial charge in [0, 0.05) is 19.3 Å². The average molecular weight is 288 g/mol. The van der Waals surface area contributed by atoms with Gasteiger partial charge in [0.2, 0.25) is 5.91 Å². The Morgan fingerprint density at radius 2 is 2.25 bits per heavy atom. The van der Waals surface area contributed by atoms with Crippen LogP contribution in [0.2, 0.25) is 0 Å². The number of ether oxygens (including phenoxy) is 1. The van der Waals surface area contributed by atoms with Crippen molar-refractivity contribution in [2.75, 3.05) is 26.3 Å². The summed E-state index contributed by atoms with van der Waals surface area (Å²) in [5, 5.41) is 4.12. The van der Waals surface area contributed by atoms with Gasteiger partial charge in [0.05, 0.1) is 23.9 Å². The maximum atomic E-state index is 12.1. The molecule has 88 valence electrons. The maximum absolute atomic E-state index is 12.1. The van der Waals surface area contributed by atoms with Gasteiger partial charge in [0.25, 0.3) is 0 Å². The number of halogens is 1. The van der Waals surface area contributed by atoms with E-state index in [0.717, 1.165) is 4.47 Å². The van der Waals surface area contributed by atoms with Crippen LogP contribution < -0.4 is 0 Å². The lowest BCUT2D eigenvalue weighted by atomic mass is 10.2. The zero-order chi connectivity index (χ0) is 11.5. The fourth-order valence-corrected chi connectivity index (χ4v) is 1.99. The Morgan fingerprint density at radius 3 is 2.81 bits per heavy atom. The number of carbonyl (C=O) groups excluding carboxylic acids is 1. The molecule has 0 aromatic carbocycles. The lowest BCUT2D eigenvalue weighted by Gasteiger charge is -2.29. The minimum absolute atomic E-state index is 0.0962. The molecule has 6 heteroatoms. The molecule has 2 heterocycles. The van der Waals surface area contributed by atoms with Gasteiger partial charge in [-0.15, -0.1) is 0 Å². The van der Waals surface area contributed by atoms with E-state index in [1.165, 1.54) is 0 Å². The van der Waals surface area contributed by atoms with Gasteiger partial charge >= 0.3 is 0 Å². The summed E-state index contributed by atoms with van der Waals surface area (Å²) >= 11 is 3.32. The van der Waals surface area contributed by atoms with Crippen LogP contribution in [0.1, 0.15) is 13.0 Å². The Hall–Kier alpha value is -0.880. The Bertz CT molecular complexity index is 374. The fraction of sp³-hybridized carbons (Fsp3) is 0.600. The molecule has 0 spiro atoms. The van der Waals surface area contributed by atoms with Crippen LogP contribution >= 0.6 is 15.9 Å². The van der Waals surface area contributed by atoms with E-state index in [1.54, 1.807) is 10.9 Å². The van der Waals surface area contributed by atoms with Gasteiger partial charge in [-0.3, -0.25) is 9.48 Å². The van der Waals surface area contributed by atoms with Crippen molar-refractivity contribution in [1.29, 1.82) is 0 Å². The lowest BCUT2D eigenvalue weighted by Crippen LogP contribution is -2.43. The van der Waals surface area contributed by atoms with Gasteiger partial charge in [-0.2, -0.15) is 5.10 Å². The van der Waals surface area contributed by atoms with Gasteiger partial charge < -0.3 is 9.64 Å². The molecular formula is C10H14BrN3O2. The van der Waals surface area contributed by atoms with Gasteiger partial charge in [-0.1, -0.05) is 0 Å². The molecule has 1 saturated heterocycles. The van der Waals surface area contributed by atoms with E-state index < -0.39 is 0 Å². The van der Waals surface area contributed by atoms with Crippen molar-refractivity contribution < 1.29 is 9.53 Å². The standard InChI is InChI=1S/C10H14BrN3O2/c1-8(14-7-9(11)6-12-14)10(15)13-2-4-16-5-3-13/h6-8H,2-5H2,1H3. The number of hydrogen-bond donors (Lipinski definition) is 0. The number of morpholine rings is 1. The van der Waals surface area contributed by atoms with Crippen molar-refractivity contribution in [1.82, 2.24) is 14.7 Å². The van der Waals surface area contributed by atoms with Crippen LogP contribution in [-0.4, -0.2) is 46.9 Å². The smallest absolute Gasteiger partial charge is 0.247 e. The summed E-state index contributed by atoms with van der Waals surface area (Å²) in [6, 6.07) is -0.260. The van der Waals surface area contributed by atoms with Crippen molar-refractivity contribution in [3.63, 3.8) is 0 Å². The molecule has 16 heavy (non-hydrogen) atoms. The van der Waals surface area contributed by atoms with Crippen LogP contribution in [0.25, 0.3) is 0 Å². The second-order valence-electron chi connectivity index (χ2n) is 3.75. The third-order valence-electron chi connectivity index (χ3n) is 2.65. The van der Waals surface area contributed by atoms with Gasteiger partial charge in [0.1, 0.15) is 6.04 Å². The highest BCUT2D eigenvalue weighted by molar-refractivity contribution is 9.10. The highest BCUT2D eigenvalue weighted by Gasteiger charge is 2.23. The number of aromatic nitrogens is 2. The lowest BCUT2D eigenvalue weighted by molar-refractivity contribution is -0.138. The summed E-state index contributed by atoms with van der Waals surface area (Å²) in [4.78, 5) is 13.9. The van der Waals surface area contributed by atoms with Gasteiger partial charge in [-0.25, -0.2) is 0 Å². The summed E-state index contributed by atoms with van der Waals surface area (Å²) in [5.41, 5.74) is 0. The molecule has 1 unspecified atom stereocenters. The molecule has 2 rings (SSSR count). The van der Waals surface area contributed by atoms with Crippen LogP contribution in [0.3, 0.4) is 0 Å². The monoisotopic (exact) mass is 287 g/mol. The van der Waals surface area contributed by atoms with Crippen molar-refractivity contribution >= 4 is 21.8 Å². The third kappa shape index (κ3) is 2.44. The molecule has 1 amide bonds. The van der Waals surface area contributed by atoms with Crippen LogP contribution in [0, 0.1) is 0 Å². The van der Waals surface area contributed by atoms with E-state index >= 15 is 0 Å². The summed E-state index contributed by atoms with van der Waals surface area (Å²) in [5.74, 6) is 0.0962. The molecule has 0 bridgehead atoms. The topological polar surface area (TPSA) is 47.4 Å². The molecule has 1 fully saturated rings. The predicted molar refractivity (Wildman–Crippen MR) is 62.0 cm³/mol. The van der Waals surface area contributed by atoms with E-state index in [-0.39, 0.29) is 11.9 Å². The molecule has 1 atom stereocenters. The van der Waals surface area contributed by atoms with Crippen molar-refractivity contribution in [3.05, 3.63) is 16.9 Å². The van der Waals surface area contributed by atoms with Gasteiger partial charge in [0.15, 0.2) is 0 Å². The quantitative estimate of drug-likeness (QED) is 0.817. The van der Waals surface area contributed by atoms with Gasteiger partial charge in [-0.05, 0) is 22.9 Å². The van der Waals surface area contributed by atoms with E-state index in [1.807, 2.05) is 18.0 Å². The summed E-state index contributed by atoms with van der Waals surface area (Å²) in [7, 11) is 0. The molecule has 5 nitrogen and oxygen atoms in total. The van der Waals surface area contributed by atoms with Crippen LogP contribution in [0.15, 0.2) is 16.9 Å². The molecule has 1 aromatic heterocycles. The minimum Gasteiger partial charge on any atom is -0.378 e. The molecular weight excluding hydrogens is 274 g/mol. The number of nitrogens with zero attached hydrogens (tertiary/aromatic N) is 3. The van der Waals surface area contributed by atoms with Crippen LogP contribution in [0.5, 0.6) is 0 Å². The SMILES string of the molecule is CC(C(=O)N1CCOCC1)n1cc(Br)cn1. The molecule has 1 aliphatic heterocycles. The van der Waals surface area contributed by atoms with E-state index in [0.29, 0.717) is 26.3 Å². The molecule has 0 aliphatic carbocycles. The zero-order valence-electron chi connectivity index (χ0n) is 9.10. The van der Waals surface area contributed by atoms with E-state index in [2.05, 4.69) is 21.0 Å². The number of hydrogen-bond acceptors (Lipinski definition) is 3. The Labute approximate surface area is 102 Å². The van der Waals surface area contributed by atoms with E-state index in [4.69, 9.17) is 4.74 Å². The van der Waals surface area contributed by atoms with Crippen molar-refractivity contribution in [2.45, 2.75) is 13.0 Å². The van der Waals surface area contributed by atoms with Crippen molar-refractivity contribution in [3.8, 4) is 0 Å². The van der Waals surface area contributed by atoms with Crippen LogP contribution in [-0.2, 0) is 9.53 Å². The molecule has 0 N–H and O–H groups in total. The second kappa shape index (κ2) is 4.97. The normalized spacial score (nSPS) is 18.5. The first-order valence-corrected chi connectivity index (χ1v) is 6.04. The highest BCUT2D eigenvalue weighted by atomic mass is 79.9.